The maximum absolute atomic E-state index is 14.0. The average molecular weight is 326 g/mol. The van der Waals surface area contributed by atoms with Gasteiger partial charge in [0.15, 0.2) is 0 Å². The molecule has 1 unspecified atom stereocenters. The Labute approximate surface area is 119 Å². The van der Waals surface area contributed by atoms with E-state index in [1.807, 2.05) is 6.92 Å². The second-order valence-electron chi connectivity index (χ2n) is 4.39. The van der Waals surface area contributed by atoms with Crippen molar-refractivity contribution < 1.29 is 8.78 Å². The molecule has 1 atom stereocenters. The van der Waals surface area contributed by atoms with Gasteiger partial charge >= 0.3 is 0 Å². The molecule has 0 amide bonds. The number of halogens is 3. The van der Waals surface area contributed by atoms with E-state index in [1.165, 1.54) is 18.2 Å². The van der Waals surface area contributed by atoms with Crippen LogP contribution in [-0.4, -0.2) is 7.05 Å². The molecule has 0 fully saturated rings. The zero-order valence-corrected chi connectivity index (χ0v) is 12.3. The maximum Gasteiger partial charge on any atom is 0.128 e. The second kappa shape index (κ2) is 5.80. The van der Waals surface area contributed by atoms with Gasteiger partial charge in [0.1, 0.15) is 11.6 Å². The Balaban J connectivity index is 2.55. The number of benzene rings is 2. The molecule has 0 spiro atoms. The van der Waals surface area contributed by atoms with Gasteiger partial charge in [-0.25, -0.2) is 8.78 Å². The molecule has 0 aliphatic carbocycles. The Hall–Kier alpha value is -1.26. The molecule has 2 aromatic carbocycles. The maximum atomic E-state index is 14.0. The fourth-order valence-electron chi connectivity index (χ4n) is 2.14. The van der Waals surface area contributed by atoms with Crippen molar-refractivity contribution in [3.8, 4) is 0 Å². The van der Waals surface area contributed by atoms with E-state index in [1.54, 1.807) is 25.2 Å². The summed E-state index contributed by atoms with van der Waals surface area (Å²) in [6, 6.07) is 8.92. The van der Waals surface area contributed by atoms with Crippen molar-refractivity contribution in [3.05, 3.63) is 69.2 Å². The minimum atomic E-state index is -0.381. The molecule has 4 heteroatoms. The van der Waals surface area contributed by atoms with Crippen LogP contribution in [0.5, 0.6) is 0 Å². The van der Waals surface area contributed by atoms with Crippen molar-refractivity contribution in [2.75, 3.05) is 7.05 Å². The summed E-state index contributed by atoms with van der Waals surface area (Å²) < 4.78 is 28.2. The third-order valence-electron chi connectivity index (χ3n) is 3.11. The van der Waals surface area contributed by atoms with Gasteiger partial charge in [0.05, 0.1) is 6.04 Å². The third kappa shape index (κ3) is 3.01. The van der Waals surface area contributed by atoms with Gasteiger partial charge in [0.25, 0.3) is 0 Å². The van der Waals surface area contributed by atoms with Crippen LogP contribution in [0.3, 0.4) is 0 Å². The van der Waals surface area contributed by atoms with E-state index in [0.29, 0.717) is 5.56 Å². The molecule has 0 radical (unpaired) electrons. The van der Waals surface area contributed by atoms with Gasteiger partial charge in [0.2, 0.25) is 0 Å². The summed E-state index contributed by atoms with van der Waals surface area (Å²) in [6.45, 7) is 1.88. The summed E-state index contributed by atoms with van der Waals surface area (Å²) in [5, 5.41) is 3.04. The molecule has 100 valence electrons. The van der Waals surface area contributed by atoms with Crippen LogP contribution >= 0.6 is 15.9 Å². The Morgan fingerprint density at radius 3 is 2.47 bits per heavy atom. The van der Waals surface area contributed by atoms with E-state index >= 15 is 0 Å². The van der Waals surface area contributed by atoms with Gasteiger partial charge < -0.3 is 5.32 Å². The first kappa shape index (κ1) is 14.2. The molecule has 1 nitrogen and oxygen atoms in total. The highest BCUT2D eigenvalue weighted by atomic mass is 79.9. The standard InChI is InChI=1S/C15H14BrF2N/c1-9-3-5-11(17)8-12(9)15(19-2)13-7-10(16)4-6-14(13)18/h3-8,15,19H,1-2H3. The van der Waals surface area contributed by atoms with Crippen LogP contribution < -0.4 is 5.32 Å². The fraction of sp³-hybridized carbons (Fsp3) is 0.200. The molecule has 0 aromatic heterocycles. The zero-order valence-electron chi connectivity index (χ0n) is 10.7. The van der Waals surface area contributed by atoms with Crippen molar-refractivity contribution in [1.29, 1.82) is 0 Å². The molecule has 0 bridgehead atoms. The smallest absolute Gasteiger partial charge is 0.128 e. The summed E-state index contributed by atoms with van der Waals surface area (Å²) in [5.74, 6) is -0.637. The monoisotopic (exact) mass is 325 g/mol. The zero-order chi connectivity index (χ0) is 14.0. The van der Waals surface area contributed by atoms with Crippen molar-refractivity contribution in [2.24, 2.45) is 0 Å². The first-order valence-corrected chi connectivity index (χ1v) is 6.70. The lowest BCUT2D eigenvalue weighted by atomic mass is 9.94. The molecule has 19 heavy (non-hydrogen) atoms. The van der Waals surface area contributed by atoms with Gasteiger partial charge in [-0.2, -0.15) is 0 Å². The lowest BCUT2D eigenvalue weighted by molar-refractivity contribution is 0.570. The van der Waals surface area contributed by atoms with E-state index in [-0.39, 0.29) is 17.7 Å². The quantitative estimate of drug-likeness (QED) is 0.884. The molecular formula is C15H14BrF2N. The summed E-state index contributed by atoms with van der Waals surface area (Å²) >= 11 is 3.33. The molecule has 0 saturated heterocycles. The molecule has 0 aliphatic rings. The highest BCUT2D eigenvalue weighted by Gasteiger charge is 2.18. The largest absolute Gasteiger partial charge is 0.309 e. The van der Waals surface area contributed by atoms with Crippen LogP contribution in [0.4, 0.5) is 8.78 Å². The van der Waals surface area contributed by atoms with Crippen LogP contribution in [0.25, 0.3) is 0 Å². The van der Waals surface area contributed by atoms with Crippen LogP contribution in [0.1, 0.15) is 22.7 Å². The molecule has 0 heterocycles. The second-order valence-corrected chi connectivity index (χ2v) is 5.30. The highest BCUT2D eigenvalue weighted by Crippen LogP contribution is 2.29. The van der Waals surface area contributed by atoms with Gasteiger partial charge in [-0.3, -0.25) is 0 Å². The number of rotatable bonds is 3. The number of nitrogens with one attached hydrogen (secondary N) is 1. The Kier molecular flexibility index (Phi) is 4.32. The van der Waals surface area contributed by atoms with E-state index in [0.717, 1.165) is 15.6 Å². The number of hydrogen-bond donors (Lipinski definition) is 1. The van der Waals surface area contributed by atoms with Crippen LogP contribution in [0, 0.1) is 18.6 Å². The van der Waals surface area contributed by atoms with Gasteiger partial charge in [-0.05, 0) is 55.4 Å². The van der Waals surface area contributed by atoms with E-state index in [9.17, 15) is 8.78 Å². The first-order valence-electron chi connectivity index (χ1n) is 5.91. The van der Waals surface area contributed by atoms with E-state index in [2.05, 4.69) is 21.2 Å². The van der Waals surface area contributed by atoms with Crippen molar-refractivity contribution in [1.82, 2.24) is 5.32 Å². The lowest BCUT2D eigenvalue weighted by Crippen LogP contribution is -2.20. The normalized spacial score (nSPS) is 12.5. The molecular weight excluding hydrogens is 312 g/mol. The summed E-state index contributed by atoms with van der Waals surface area (Å²) in [6.07, 6.45) is 0. The minimum Gasteiger partial charge on any atom is -0.309 e. The topological polar surface area (TPSA) is 12.0 Å². The fourth-order valence-corrected chi connectivity index (χ4v) is 2.52. The average Bonchev–Trinajstić information content (AvgIpc) is 2.38. The van der Waals surface area contributed by atoms with E-state index < -0.39 is 0 Å². The molecule has 0 aliphatic heterocycles. The van der Waals surface area contributed by atoms with Crippen molar-refractivity contribution in [2.45, 2.75) is 13.0 Å². The van der Waals surface area contributed by atoms with Crippen molar-refractivity contribution >= 4 is 15.9 Å². The van der Waals surface area contributed by atoms with Crippen LogP contribution in [0.2, 0.25) is 0 Å². The SMILES string of the molecule is CNC(c1cc(F)ccc1C)c1cc(Br)ccc1F. The molecule has 1 N–H and O–H groups in total. The Morgan fingerprint density at radius 1 is 1.05 bits per heavy atom. The van der Waals surface area contributed by atoms with Gasteiger partial charge in [0, 0.05) is 10.0 Å². The molecule has 2 aromatic rings. The van der Waals surface area contributed by atoms with Crippen LogP contribution in [0.15, 0.2) is 40.9 Å². The summed E-state index contributed by atoms with van der Waals surface area (Å²) in [4.78, 5) is 0. The lowest BCUT2D eigenvalue weighted by Gasteiger charge is -2.20. The predicted molar refractivity (Wildman–Crippen MR) is 76.1 cm³/mol. The van der Waals surface area contributed by atoms with Gasteiger partial charge in [-0.1, -0.05) is 22.0 Å². The van der Waals surface area contributed by atoms with Gasteiger partial charge in [-0.15, -0.1) is 0 Å². The minimum absolute atomic E-state index is 0.314. The van der Waals surface area contributed by atoms with E-state index in [4.69, 9.17) is 0 Å². The summed E-state index contributed by atoms with van der Waals surface area (Å²) in [7, 11) is 1.73. The highest BCUT2D eigenvalue weighted by molar-refractivity contribution is 9.10. The third-order valence-corrected chi connectivity index (χ3v) is 3.60. The number of hydrogen-bond acceptors (Lipinski definition) is 1. The number of aryl methyl sites for hydroxylation is 1. The Morgan fingerprint density at radius 2 is 1.79 bits per heavy atom. The summed E-state index contributed by atoms with van der Waals surface area (Å²) in [5.41, 5.74) is 2.14. The Bertz CT molecular complexity index is 547. The first-order chi connectivity index (χ1) is 9.02. The molecule has 0 saturated carbocycles. The molecule has 2 rings (SSSR count). The predicted octanol–water partition coefficient (Wildman–Crippen LogP) is 4.34. The van der Waals surface area contributed by atoms with Crippen molar-refractivity contribution in [3.63, 3.8) is 0 Å². The van der Waals surface area contributed by atoms with Crippen LogP contribution in [-0.2, 0) is 0 Å².